The average molecular weight is 363 g/mol. The molecule has 0 spiro atoms. The average Bonchev–Trinajstić information content (AvgIpc) is 2.59. The van der Waals surface area contributed by atoms with Gasteiger partial charge in [-0.25, -0.2) is 0 Å². The molecule has 0 saturated heterocycles. The van der Waals surface area contributed by atoms with Gasteiger partial charge < -0.3 is 14.8 Å². The zero-order valence-corrected chi connectivity index (χ0v) is 14.2. The number of nitro groups is 1. The van der Waals surface area contributed by atoms with E-state index in [1.807, 2.05) is 0 Å². The fourth-order valence-electron chi connectivity index (χ4n) is 2.09. The molecule has 0 radical (unpaired) electrons. The van der Waals surface area contributed by atoms with Gasteiger partial charge in [-0.2, -0.15) is 0 Å². The van der Waals surface area contributed by atoms with E-state index in [1.54, 1.807) is 24.3 Å². The third-order valence-electron chi connectivity index (χ3n) is 3.21. The van der Waals surface area contributed by atoms with Crippen LogP contribution >= 0.6 is 11.6 Å². The van der Waals surface area contributed by atoms with Gasteiger partial charge in [-0.05, 0) is 29.8 Å². The van der Waals surface area contributed by atoms with Crippen molar-refractivity contribution in [1.29, 1.82) is 0 Å². The van der Waals surface area contributed by atoms with Crippen molar-refractivity contribution >= 4 is 35.0 Å². The smallest absolute Gasteiger partial charge is 0.271 e. The van der Waals surface area contributed by atoms with E-state index in [2.05, 4.69) is 5.32 Å². The summed E-state index contributed by atoms with van der Waals surface area (Å²) < 4.78 is 10.3. The SMILES string of the molecule is COc1cc(/C=C/C(=O)Nc2cccc([N+](=O)[O-])c2)cc(Cl)c1OC. The maximum Gasteiger partial charge on any atom is 0.271 e. The fraction of sp³-hybridized carbons (Fsp3) is 0.118. The summed E-state index contributed by atoms with van der Waals surface area (Å²) in [7, 11) is 2.96. The lowest BCUT2D eigenvalue weighted by atomic mass is 10.2. The number of nitrogens with zero attached hydrogens (tertiary/aromatic N) is 1. The molecule has 7 nitrogen and oxygen atoms in total. The molecule has 130 valence electrons. The van der Waals surface area contributed by atoms with Crippen LogP contribution in [0.2, 0.25) is 5.02 Å². The van der Waals surface area contributed by atoms with Gasteiger partial charge in [-0.3, -0.25) is 14.9 Å². The lowest BCUT2D eigenvalue weighted by molar-refractivity contribution is -0.384. The molecule has 1 amide bonds. The number of halogens is 1. The zero-order chi connectivity index (χ0) is 18.4. The van der Waals surface area contributed by atoms with E-state index in [1.165, 1.54) is 38.5 Å². The van der Waals surface area contributed by atoms with Crippen LogP contribution in [0.3, 0.4) is 0 Å². The first-order valence-electron chi connectivity index (χ1n) is 7.09. The Morgan fingerprint density at radius 2 is 2.00 bits per heavy atom. The van der Waals surface area contributed by atoms with Gasteiger partial charge in [0.05, 0.1) is 24.2 Å². The van der Waals surface area contributed by atoms with E-state index in [0.717, 1.165) is 0 Å². The van der Waals surface area contributed by atoms with Crippen molar-refractivity contribution in [1.82, 2.24) is 0 Å². The number of hydrogen-bond donors (Lipinski definition) is 1. The molecule has 1 N–H and O–H groups in total. The molecule has 0 heterocycles. The predicted molar refractivity (Wildman–Crippen MR) is 95.3 cm³/mol. The number of non-ortho nitro benzene ring substituents is 1. The summed E-state index contributed by atoms with van der Waals surface area (Å²) in [5.74, 6) is 0.405. The van der Waals surface area contributed by atoms with Gasteiger partial charge in [0.1, 0.15) is 0 Å². The molecule has 0 aliphatic rings. The van der Waals surface area contributed by atoms with Gasteiger partial charge in [-0.1, -0.05) is 17.7 Å². The molecule has 0 unspecified atom stereocenters. The third kappa shape index (κ3) is 4.71. The van der Waals surface area contributed by atoms with Crippen molar-refractivity contribution in [2.45, 2.75) is 0 Å². The molecule has 2 aromatic carbocycles. The van der Waals surface area contributed by atoms with Gasteiger partial charge in [0.25, 0.3) is 5.69 Å². The number of ether oxygens (including phenoxy) is 2. The third-order valence-corrected chi connectivity index (χ3v) is 3.49. The van der Waals surface area contributed by atoms with Crippen LogP contribution in [0.15, 0.2) is 42.5 Å². The van der Waals surface area contributed by atoms with Crippen molar-refractivity contribution in [3.05, 3.63) is 63.2 Å². The summed E-state index contributed by atoms with van der Waals surface area (Å²) in [6, 6.07) is 8.97. The number of carbonyl (C=O) groups is 1. The summed E-state index contributed by atoms with van der Waals surface area (Å²) in [5.41, 5.74) is 0.861. The fourth-order valence-corrected chi connectivity index (χ4v) is 2.38. The van der Waals surface area contributed by atoms with Crippen molar-refractivity contribution in [2.24, 2.45) is 0 Å². The van der Waals surface area contributed by atoms with E-state index >= 15 is 0 Å². The van der Waals surface area contributed by atoms with E-state index < -0.39 is 10.8 Å². The Bertz CT molecular complexity index is 836. The van der Waals surface area contributed by atoms with Crippen LogP contribution in [0.25, 0.3) is 6.08 Å². The Morgan fingerprint density at radius 1 is 1.24 bits per heavy atom. The Hall–Kier alpha value is -3.06. The number of methoxy groups -OCH3 is 2. The van der Waals surface area contributed by atoms with Crippen LogP contribution in [-0.2, 0) is 4.79 Å². The highest BCUT2D eigenvalue weighted by molar-refractivity contribution is 6.32. The number of amides is 1. The van der Waals surface area contributed by atoms with Crippen molar-refractivity contribution < 1.29 is 19.2 Å². The Balaban J connectivity index is 2.14. The van der Waals surface area contributed by atoms with E-state index in [0.29, 0.717) is 27.8 Å². The van der Waals surface area contributed by atoms with Crippen LogP contribution in [0.4, 0.5) is 11.4 Å². The molecule has 2 rings (SSSR count). The number of nitro benzene ring substituents is 1. The summed E-state index contributed by atoms with van der Waals surface area (Å²) in [5, 5.41) is 13.6. The Morgan fingerprint density at radius 3 is 2.64 bits per heavy atom. The standard InChI is InChI=1S/C17H15ClN2O5/c1-24-15-9-11(8-14(18)17(15)25-2)6-7-16(21)19-12-4-3-5-13(10-12)20(22)23/h3-10H,1-2H3,(H,19,21)/b7-6+. The van der Waals surface area contributed by atoms with Crippen LogP contribution in [0.5, 0.6) is 11.5 Å². The zero-order valence-electron chi connectivity index (χ0n) is 13.5. The van der Waals surface area contributed by atoms with E-state index in [-0.39, 0.29) is 5.69 Å². The summed E-state index contributed by atoms with van der Waals surface area (Å²) in [6.45, 7) is 0. The van der Waals surface area contributed by atoms with Crippen LogP contribution in [-0.4, -0.2) is 25.1 Å². The molecule has 25 heavy (non-hydrogen) atoms. The minimum absolute atomic E-state index is 0.103. The van der Waals surface area contributed by atoms with E-state index in [9.17, 15) is 14.9 Å². The van der Waals surface area contributed by atoms with Gasteiger partial charge in [0.15, 0.2) is 11.5 Å². The van der Waals surface area contributed by atoms with Crippen molar-refractivity contribution in [3.63, 3.8) is 0 Å². The molecule has 0 saturated carbocycles. The van der Waals surface area contributed by atoms with Crippen molar-refractivity contribution in [2.75, 3.05) is 19.5 Å². The molecule has 8 heteroatoms. The van der Waals surface area contributed by atoms with Gasteiger partial charge in [0.2, 0.25) is 5.91 Å². The van der Waals surface area contributed by atoms with Crippen LogP contribution < -0.4 is 14.8 Å². The summed E-state index contributed by atoms with van der Waals surface area (Å²) in [4.78, 5) is 22.2. The Labute approximate surface area is 149 Å². The first kappa shape index (κ1) is 18.3. The van der Waals surface area contributed by atoms with Gasteiger partial charge in [-0.15, -0.1) is 0 Å². The lowest BCUT2D eigenvalue weighted by Gasteiger charge is -2.10. The molecule has 0 atom stereocenters. The highest BCUT2D eigenvalue weighted by atomic mass is 35.5. The minimum atomic E-state index is -0.531. The first-order chi connectivity index (χ1) is 11.9. The minimum Gasteiger partial charge on any atom is -0.493 e. The Kier molecular flexibility index (Phi) is 5.97. The molecular weight excluding hydrogens is 348 g/mol. The van der Waals surface area contributed by atoms with E-state index in [4.69, 9.17) is 21.1 Å². The molecule has 0 aliphatic heterocycles. The number of anilines is 1. The second-order valence-electron chi connectivity index (χ2n) is 4.87. The monoisotopic (exact) mass is 362 g/mol. The molecule has 0 aromatic heterocycles. The molecule has 0 aliphatic carbocycles. The van der Waals surface area contributed by atoms with Gasteiger partial charge in [0, 0.05) is 23.9 Å². The van der Waals surface area contributed by atoms with Gasteiger partial charge >= 0.3 is 0 Å². The molecule has 0 fully saturated rings. The second kappa shape index (κ2) is 8.16. The molecular formula is C17H15ClN2O5. The molecule has 0 bridgehead atoms. The normalized spacial score (nSPS) is 10.5. The van der Waals surface area contributed by atoms with Crippen LogP contribution in [0, 0.1) is 10.1 Å². The number of nitrogens with one attached hydrogen (secondary N) is 1. The first-order valence-corrected chi connectivity index (χ1v) is 7.47. The lowest BCUT2D eigenvalue weighted by Crippen LogP contribution is -2.07. The summed E-state index contributed by atoms with van der Waals surface area (Å²) in [6.07, 6.45) is 2.83. The molecule has 2 aromatic rings. The second-order valence-corrected chi connectivity index (χ2v) is 5.28. The number of hydrogen-bond acceptors (Lipinski definition) is 5. The highest BCUT2D eigenvalue weighted by Crippen LogP contribution is 2.36. The maximum absolute atomic E-state index is 12.0. The summed E-state index contributed by atoms with van der Waals surface area (Å²) >= 11 is 6.10. The quantitative estimate of drug-likeness (QED) is 0.478. The number of rotatable bonds is 6. The number of carbonyl (C=O) groups excluding carboxylic acids is 1. The van der Waals surface area contributed by atoms with Crippen LogP contribution in [0.1, 0.15) is 5.56 Å². The largest absolute Gasteiger partial charge is 0.493 e. The maximum atomic E-state index is 12.0. The highest BCUT2D eigenvalue weighted by Gasteiger charge is 2.10. The topological polar surface area (TPSA) is 90.7 Å². The number of benzene rings is 2. The predicted octanol–water partition coefficient (Wildman–Crippen LogP) is 3.92. The van der Waals surface area contributed by atoms with Crippen molar-refractivity contribution in [3.8, 4) is 11.5 Å².